The second kappa shape index (κ2) is 9.09. The Morgan fingerprint density at radius 2 is 1.90 bits per heavy atom. The maximum Gasteiger partial charge on any atom is 0.302 e. The number of Topliss-reactive ketones (excluding diaryl/α,β-unsaturated/α-hetero) is 1. The summed E-state index contributed by atoms with van der Waals surface area (Å²) in [5, 5.41) is 3.03. The van der Waals surface area contributed by atoms with Crippen LogP contribution in [0.2, 0.25) is 0 Å². The van der Waals surface area contributed by atoms with Crippen LogP contribution in [0.1, 0.15) is 25.8 Å². The molecule has 1 N–H and O–H groups in total. The molecule has 0 aliphatic carbocycles. The van der Waals surface area contributed by atoms with Gasteiger partial charge in [0.2, 0.25) is 0 Å². The van der Waals surface area contributed by atoms with Gasteiger partial charge in [0.15, 0.2) is 5.78 Å². The fourth-order valence-electron chi connectivity index (χ4n) is 1.49. The monoisotopic (exact) mass is 279 g/mol. The Morgan fingerprint density at radius 1 is 1.20 bits per heavy atom. The van der Waals surface area contributed by atoms with Gasteiger partial charge in [-0.25, -0.2) is 0 Å². The Hall–Kier alpha value is -1.88. The maximum atomic E-state index is 11.5. The van der Waals surface area contributed by atoms with Gasteiger partial charge in [0.25, 0.3) is 0 Å². The molecule has 1 aromatic carbocycles. The van der Waals surface area contributed by atoms with Crippen molar-refractivity contribution in [1.29, 1.82) is 0 Å². The number of carbonyl (C=O) groups excluding carboxylic acids is 2. The lowest BCUT2D eigenvalue weighted by molar-refractivity contribution is -0.142. The Balaban J connectivity index is 2.30. The zero-order chi connectivity index (χ0) is 14.8. The molecule has 0 aliphatic rings. The molecule has 0 fully saturated rings. The summed E-state index contributed by atoms with van der Waals surface area (Å²) >= 11 is 0. The van der Waals surface area contributed by atoms with Crippen molar-refractivity contribution in [2.24, 2.45) is 0 Å². The van der Waals surface area contributed by atoms with E-state index in [1.165, 1.54) is 6.92 Å². The number of nitrogens with one attached hydrogen (secondary N) is 1. The smallest absolute Gasteiger partial charge is 0.302 e. The molecular formula is C15H21NO4. The van der Waals surface area contributed by atoms with Crippen LogP contribution in [0, 0.1) is 0 Å². The molecule has 0 unspecified atom stereocenters. The van der Waals surface area contributed by atoms with Crippen LogP contribution in [0.15, 0.2) is 24.3 Å². The topological polar surface area (TPSA) is 64.6 Å². The summed E-state index contributed by atoms with van der Waals surface area (Å²) in [6.07, 6.45) is 0.907. The van der Waals surface area contributed by atoms with E-state index in [0.29, 0.717) is 6.61 Å². The van der Waals surface area contributed by atoms with Gasteiger partial charge in [-0.1, -0.05) is 19.1 Å². The van der Waals surface area contributed by atoms with Gasteiger partial charge in [-0.05, 0) is 24.1 Å². The van der Waals surface area contributed by atoms with Crippen molar-refractivity contribution in [2.45, 2.75) is 26.9 Å². The van der Waals surface area contributed by atoms with E-state index in [4.69, 9.17) is 9.47 Å². The van der Waals surface area contributed by atoms with Gasteiger partial charge in [0.1, 0.15) is 13.2 Å². The van der Waals surface area contributed by atoms with Crippen molar-refractivity contribution in [3.63, 3.8) is 0 Å². The number of ketones is 1. The maximum absolute atomic E-state index is 11.5. The minimum Gasteiger partial charge on any atom is -0.461 e. The molecule has 0 radical (unpaired) electrons. The Labute approximate surface area is 119 Å². The third kappa shape index (κ3) is 6.89. The van der Waals surface area contributed by atoms with Crippen LogP contribution in [0.25, 0.3) is 0 Å². The number of ether oxygens (including phenoxy) is 2. The first-order valence-corrected chi connectivity index (χ1v) is 6.67. The third-order valence-electron chi connectivity index (χ3n) is 2.50. The van der Waals surface area contributed by atoms with E-state index in [9.17, 15) is 9.59 Å². The van der Waals surface area contributed by atoms with E-state index in [-0.39, 0.29) is 31.5 Å². The predicted molar refractivity (Wildman–Crippen MR) is 76.5 cm³/mol. The van der Waals surface area contributed by atoms with Crippen LogP contribution in [0.3, 0.4) is 0 Å². The van der Waals surface area contributed by atoms with E-state index in [0.717, 1.165) is 17.7 Å². The van der Waals surface area contributed by atoms with Gasteiger partial charge in [-0.2, -0.15) is 0 Å². The van der Waals surface area contributed by atoms with Crippen molar-refractivity contribution in [1.82, 2.24) is 0 Å². The van der Waals surface area contributed by atoms with Gasteiger partial charge in [-0.15, -0.1) is 0 Å². The minimum absolute atomic E-state index is 0.0161. The Morgan fingerprint density at radius 3 is 2.50 bits per heavy atom. The number of esters is 1. The highest BCUT2D eigenvalue weighted by atomic mass is 16.5. The molecule has 110 valence electrons. The van der Waals surface area contributed by atoms with E-state index >= 15 is 0 Å². The number of carbonyl (C=O) groups is 2. The lowest BCUT2D eigenvalue weighted by atomic mass is 10.2. The summed E-state index contributed by atoms with van der Waals surface area (Å²) in [5.74, 6) is -0.285. The molecule has 5 heteroatoms. The summed E-state index contributed by atoms with van der Waals surface area (Å²) in [7, 11) is 0. The van der Waals surface area contributed by atoms with Gasteiger partial charge in [0, 0.05) is 19.2 Å². The van der Waals surface area contributed by atoms with Crippen molar-refractivity contribution in [3.05, 3.63) is 29.8 Å². The van der Waals surface area contributed by atoms with Crippen LogP contribution in [0.4, 0.5) is 5.69 Å². The molecule has 0 bridgehead atoms. The van der Waals surface area contributed by atoms with Crippen LogP contribution in [-0.4, -0.2) is 31.5 Å². The molecule has 0 spiro atoms. The number of rotatable bonds is 9. The largest absolute Gasteiger partial charge is 0.461 e. The molecule has 0 amide bonds. The molecule has 0 saturated carbocycles. The van der Waals surface area contributed by atoms with Crippen molar-refractivity contribution in [2.75, 3.05) is 25.1 Å². The molecule has 0 saturated heterocycles. The highest BCUT2D eigenvalue weighted by molar-refractivity contribution is 5.84. The first kappa shape index (κ1) is 16.2. The predicted octanol–water partition coefficient (Wildman–Crippen LogP) is 2.16. The zero-order valence-corrected chi connectivity index (χ0v) is 12.0. The lowest BCUT2D eigenvalue weighted by Crippen LogP contribution is -2.19. The molecule has 1 aromatic rings. The van der Waals surface area contributed by atoms with Gasteiger partial charge in [0.05, 0.1) is 6.54 Å². The number of benzene rings is 1. The van der Waals surface area contributed by atoms with Crippen molar-refractivity contribution < 1.29 is 19.1 Å². The molecule has 5 nitrogen and oxygen atoms in total. The molecule has 0 atom stereocenters. The highest BCUT2D eigenvalue weighted by Crippen LogP contribution is 2.10. The fourth-order valence-corrected chi connectivity index (χ4v) is 1.49. The summed E-state index contributed by atoms with van der Waals surface area (Å²) in [6.45, 7) is 4.64. The second-order valence-corrected chi connectivity index (χ2v) is 4.42. The lowest BCUT2D eigenvalue weighted by Gasteiger charge is -2.07. The first-order chi connectivity index (χ1) is 9.61. The van der Waals surface area contributed by atoms with Gasteiger partial charge < -0.3 is 14.8 Å². The van der Waals surface area contributed by atoms with Crippen LogP contribution in [-0.2, 0) is 25.7 Å². The average Bonchev–Trinajstić information content (AvgIpc) is 2.44. The number of hydrogen-bond donors (Lipinski definition) is 1. The molecule has 0 heterocycles. The zero-order valence-electron chi connectivity index (χ0n) is 12.0. The Kier molecular flexibility index (Phi) is 7.35. The van der Waals surface area contributed by atoms with Crippen LogP contribution < -0.4 is 5.32 Å². The fraction of sp³-hybridized carbons (Fsp3) is 0.467. The van der Waals surface area contributed by atoms with E-state index in [1.807, 2.05) is 31.2 Å². The first-order valence-electron chi connectivity index (χ1n) is 6.67. The standard InChI is InChI=1S/C15H21NO4/c1-3-8-19-11-15(18)9-16-14-6-4-13(5-7-14)10-20-12(2)17/h4-7,16H,3,8-11H2,1-2H3. The van der Waals surface area contributed by atoms with Crippen molar-refractivity contribution in [3.8, 4) is 0 Å². The highest BCUT2D eigenvalue weighted by Gasteiger charge is 2.02. The summed E-state index contributed by atoms with van der Waals surface area (Å²) < 4.78 is 10.1. The average molecular weight is 279 g/mol. The minimum atomic E-state index is -0.301. The van der Waals surface area contributed by atoms with Gasteiger partial charge in [-0.3, -0.25) is 9.59 Å². The third-order valence-corrected chi connectivity index (χ3v) is 2.50. The van der Waals surface area contributed by atoms with E-state index in [1.54, 1.807) is 0 Å². The molecule has 1 rings (SSSR count). The second-order valence-electron chi connectivity index (χ2n) is 4.42. The summed E-state index contributed by atoms with van der Waals surface area (Å²) in [4.78, 5) is 22.2. The summed E-state index contributed by atoms with van der Waals surface area (Å²) in [6, 6.07) is 7.39. The molecule has 0 aromatic heterocycles. The normalized spacial score (nSPS) is 10.1. The summed E-state index contributed by atoms with van der Waals surface area (Å²) in [5.41, 5.74) is 1.75. The Bertz CT molecular complexity index is 428. The number of hydrogen-bond acceptors (Lipinski definition) is 5. The van der Waals surface area contributed by atoms with E-state index in [2.05, 4.69) is 5.32 Å². The molecule has 0 aliphatic heterocycles. The van der Waals surface area contributed by atoms with Crippen LogP contribution in [0.5, 0.6) is 0 Å². The number of anilines is 1. The molecular weight excluding hydrogens is 258 g/mol. The van der Waals surface area contributed by atoms with Crippen LogP contribution >= 0.6 is 0 Å². The SMILES string of the molecule is CCCOCC(=O)CNc1ccc(COC(C)=O)cc1. The quantitative estimate of drug-likeness (QED) is 0.554. The molecule has 20 heavy (non-hydrogen) atoms. The van der Waals surface area contributed by atoms with Gasteiger partial charge >= 0.3 is 5.97 Å². The van der Waals surface area contributed by atoms with E-state index < -0.39 is 0 Å². The van der Waals surface area contributed by atoms with Crippen molar-refractivity contribution >= 4 is 17.4 Å².